The second-order valence-electron chi connectivity index (χ2n) is 4.68. The van der Waals surface area contributed by atoms with Crippen LogP contribution in [0.25, 0.3) is 0 Å². The quantitative estimate of drug-likeness (QED) is 0.771. The minimum atomic E-state index is -3.53. The number of rotatable bonds is 8. The van der Waals surface area contributed by atoms with Crippen molar-refractivity contribution in [1.82, 2.24) is 4.72 Å². The van der Waals surface area contributed by atoms with Crippen LogP contribution >= 0.6 is 11.6 Å². The zero-order valence-electron chi connectivity index (χ0n) is 11.2. The van der Waals surface area contributed by atoms with Gasteiger partial charge < -0.3 is 5.11 Å². The van der Waals surface area contributed by atoms with Crippen LogP contribution in [0.5, 0.6) is 0 Å². The third-order valence-electron chi connectivity index (χ3n) is 2.90. The Kier molecular flexibility index (Phi) is 6.45. The molecule has 5 nitrogen and oxygen atoms in total. The van der Waals surface area contributed by atoms with E-state index in [1.165, 1.54) is 24.3 Å². The molecule has 1 aromatic rings. The molecule has 0 saturated heterocycles. The highest BCUT2D eigenvalue weighted by Crippen LogP contribution is 2.14. The van der Waals surface area contributed by atoms with Crippen LogP contribution in [-0.4, -0.2) is 26.0 Å². The van der Waals surface area contributed by atoms with Crippen LogP contribution in [0, 0.1) is 5.92 Å². The van der Waals surface area contributed by atoms with E-state index in [1.807, 2.05) is 6.92 Å². The van der Waals surface area contributed by atoms with Crippen molar-refractivity contribution in [2.45, 2.75) is 31.1 Å². The van der Waals surface area contributed by atoms with Gasteiger partial charge in [0.25, 0.3) is 0 Å². The largest absolute Gasteiger partial charge is 0.481 e. The lowest BCUT2D eigenvalue weighted by atomic mass is 10.0. The number of nitrogens with one attached hydrogen (secondary N) is 1. The summed E-state index contributed by atoms with van der Waals surface area (Å²) in [7, 11) is -3.53. The van der Waals surface area contributed by atoms with Gasteiger partial charge in [0, 0.05) is 18.0 Å². The summed E-state index contributed by atoms with van der Waals surface area (Å²) < 4.78 is 26.4. The zero-order chi connectivity index (χ0) is 15.2. The molecule has 7 heteroatoms. The number of halogens is 1. The number of carboxylic acid groups (broad SMARTS) is 1. The van der Waals surface area contributed by atoms with Gasteiger partial charge in [-0.2, -0.15) is 0 Å². The average Bonchev–Trinajstić information content (AvgIpc) is 2.36. The van der Waals surface area contributed by atoms with Crippen LogP contribution in [0.4, 0.5) is 0 Å². The van der Waals surface area contributed by atoms with Crippen molar-refractivity contribution in [3.05, 3.63) is 29.3 Å². The molecule has 0 aliphatic heterocycles. The lowest BCUT2D eigenvalue weighted by molar-refractivity contribution is -0.137. The summed E-state index contributed by atoms with van der Waals surface area (Å²) in [4.78, 5) is 10.6. The molecule has 1 unspecified atom stereocenters. The zero-order valence-corrected chi connectivity index (χ0v) is 12.7. The number of carbonyl (C=O) groups is 1. The van der Waals surface area contributed by atoms with Gasteiger partial charge in [-0.25, -0.2) is 13.1 Å². The van der Waals surface area contributed by atoms with E-state index in [2.05, 4.69) is 4.72 Å². The summed E-state index contributed by atoms with van der Waals surface area (Å²) in [6.07, 6.45) is 1.24. The molecule has 0 amide bonds. The summed E-state index contributed by atoms with van der Waals surface area (Å²) in [6.45, 7) is 2.19. The highest BCUT2D eigenvalue weighted by atomic mass is 35.5. The fraction of sp³-hybridized carbons (Fsp3) is 0.462. The Balaban J connectivity index is 2.44. The first kappa shape index (κ1) is 16.9. The maximum atomic E-state index is 11.9. The molecule has 112 valence electrons. The van der Waals surface area contributed by atoms with Crippen molar-refractivity contribution in [2.75, 3.05) is 6.54 Å². The van der Waals surface area contributed by atoms with Crippen molar-refractivity contribution in [2.24, 2.45) is 5.92 Å². The van der Waals surface area contributed by atoms with Crippen molar-refractivity contribution < 1.29 is 18.3 Å². The molecule has 1 rings (SSSR count). The van der Waals surface area contributed by atoms with E-state index >= 15 is 0 Å². The number of hydrogen-bond acceptors (Lipinski definition) is 3. The smallest absolute Gasteiger partial charge is 0.303 e. The first-order chi connectivity index (χ1) is 9.31. The highest BCUT2D eigenvalue weighted by molar-refractivity contribution is 7.89. The van der Waals surface area contributed by atoms with Crippen LogP contribution in [0.2, 0.25) is 5.02 Å². The monoisotopic (exact) mass is 319 g/mol. The van der Waals surface area contributed by atoms with Crippen molar-refractivity contribution in [3.8, 4) is 0 Å². The summed E-state index contributed by atoms with van der Waals surface area (Å²) in [5.41, 5.74) is 0. The molecular formula is C13H18ClNO4S. The Morgan fingerprint density at radius 3 is 2.45 bits per heavy atom. The summed E-state index contributed by atoms with van der Waals surface area (Å²) in [5.74, 6) is -0.683. The number of sulfonamides is 1. The van der Waals surface area contributed by atoms with Gasteiger partial charge in [-0.05, 0) is 43.0 Å². The van der Waals surface area contributed by atoms with E-state index in [0.29, 0.717) is 17.9 Å². The van der Waals surface area contributed by atoms with Gasteiger partial charge in [0.05, 0.1) is 4.90 Å². The maximum Gasteiger partial charge on any atom is 0.303 e. The highest BCUT2D eigenvalue weighted by Gasteiger charge is 2.14. The van der Waals surface area contributed by atoms with Gasteiger partial charge in [-0.3, -0.25) is 4.79 Å². The second kappa shape index (κ2) is 7.61. The minimum absolute atomic E-state index is 0.102. The van der Waals surface area contributed by atoms with Crippen molar-refractivity contribution >= 4 is 27.6 Å². The standard InChI is InChI=1S/C13H18ClNO4S/c1-10(2-7-13(16)17)8-9-15-20(18,19)12-5-3-11(14)4-6-12/h3-6,10,15H,2,7-9H2,1H3,(H,16,17). The van der Waals surface area contributed by atoms with Gasteiger partial charge in [0.15, 0.2) is 0 Å². The fourth-order valence-corrected chi connectivity index (χ4v) is 2.82. The molecule has 0 radical (unpaired) electrons. The second-order valence-corrected chi connectivity index (χ2v) is 6.88. The normalized spacial score (nSPS) is 13.1. The van der Waals surface area contributed by atoms with Crippen LogP contribution in [0.15, 0.2) is 29.2 Å². The lowest BCUT2D eigenvalue weighted by Gasteiger charge is -2.11. The van der Waals surface area contributed by atoms with E-state index in [4.69, 9.17) is 16.7 Å². The molecule has 20 heavy (non-hydrogen) atoms. The van der Waals surface area contributed by atoms with Gasteiger partial charge in [-0.15, -0.1) is 0 Å². The number of carboxylic acids is 1. The molecule has 0 spiro atoms. The Morgan fingerprint density at radius 2 is 1.90 bits per heavy atom. The number of hydrogen-bond donors (Lipinski definition) is 2. The number of benzene rings is 1. The van der Waals surface area contributed by atoms with Gasteiger partial charge in [-0.1, -0.05) is 18.5 Å². The van der Waals surface area contributed by atoms with Crippen LogP contribution < -0.4 is 4.72 Å². The minimum Gasteiger partial charge on any atom is -0.481 e. The first-order valence-electron chi connectivity index (χ1n) is 6.28. The topological polar surface area (TPSA) is 83.5 Å². The van der Waals surface area contributed by atoms with Crippen LogP contribution in [0.3, 0.4) is 0 Å². The molecule has 1 aromatic carbocycles. The summed E-state index contributed by atoms with van der Waals surface area (Å²) in [5, 5.41) is 9.04. The van der Waals surface area contributed by atoms with Crippen LogP contribution in [0.1, 0.15) is 26.2 Å². The Bertz CT molecular complexity index is 542. The molecule has 0 aliphatic carbocycles. The van der Waals surface area contributed by atoms with Gasteiger partial charge in [0.1, 0.15) is 0 Å². The van der Waals surface area contributed by atoms with Gasteiger partial charge >= 0.3 is 5.97 Å². The molecule has 0 aliphatic rings. The average molecular weight is 320 g/mol. The summed E-state index contributed by atoms with van der Waals surface area (Å²) in [6, 6.07) is 5.92. The van der Waals surface area contributed by atoms with Crippen molar-refractivity contribution in [3.63, 3.8) is 0 Å². The third-order valence-corrected chi connectivity index (χ3v) is 4.63. The fourth-order valence-electron chi connectivity index (χ4n) is 1.65. The SMILES string of the molecule is CC(CCNS(=O)(=O)c1ccc(Cl)cc1)CCC(=O)O. The molecule has 0 fully saturated rings. The Labute approximate surface area is 124 Å². The maximum absolute atomic E-state index is 11.9. The predicted molar refractivity (Wildman–Crippen MR) is 77.3 cm³/mol. The molecule has 0 saturated carbocycles. The van der Waals surface area contributed by atoms with E-state index in [-0.39, 0.29) is 23.8 Å². The van der Waals surface area contributed by atoms with E-state index < -0.39 is 16.0 Å². The Hall–Kier alpha value is -1.11. The molecule has 0 bridgehead atoms. The summed E-state index contributed by atoms with van der Waals surface area (Å²) >= 11 is 5.70. The predicted octanol–water partition coefficient (Wildman–Crippen LogP) is 2.51. The van der Waals surface area contributed by atoms with Gasteiger partial charge in [0.2, 0.25) is 10.0 Å². The lowest BCUT2D eigenvalue weighted by Crippen LogP contribution is -2.26. The number of aliphatic carboxylic acids is 1. The molecule has 0 heterocycles. The first-order valence-corrected chi connectivity index (χ1v) is 8.14. The van der Waals surface area contributed by atoms with Crippen molar-refractivity contribution in [1.29, 1.82) is 0 Å². The Morgan fingerprint density at radius 1 is 1.30 bits per heavy atom. The van der Waals surface area contributed by atoms with E-state index in [9.17, 15) is 13.2 Å². The molecule has 1 atom stereocenters. The van der Waals surface area contributed by atoms with E-state index in [1.54, 1.807) is 0 Å². The van der Waals surface area contributed by atoms with E-state index in [0.717, 1.165) is 0 Å². The third kappa shape index (κ3) is 5.90. The molecular weight excluding hydrogens is 302 g/mol. The van der Waals surface area contributed by atoms with Crippen LogP contribution in [-0.2, 0) is 14.8 Å². The molecule has 0 aromatic heterocycles. The molecule has 2 N–H and O–H groups in total.